The van der Waals surface area contributed by atoms with Crippen LogP contribution in [0.4, 0.5) is 4.79 Å². The van der Waals surface area contributed by atoms with Gasteiger partial charge in [0.15, 0.2) is 0 Å². The van der Waals surface area contributed by atoms with Crippen molar-refractivity contribution in [2.45, 2.75) is 32.1 Å². The van der Waals surface area contributed by atoms with Crippen molar-refractivity contribution in [1.82, 2.24) is 5.43 Å². The van der Waals surface area contributed by atoms with Crippen molar-refractivity contribution in [1.29, 1.82) is 0 Å². The first-order valence-electron chi connectivity index (χ1n) is 4.79. The van der Waals surface area contributed by atoms with Crippen LogP contribution in [0.3, 0.4) is 0 Å². The number of nitrogens with one attached hydrogen (secondary N) is 1. The molecular weight excluding hydrogens is 178 g/mol. The number of hydrazine groups is 1. The summed E-state index contributed by atoms with van der Waals surface area (Å²) in [6, 6.07) is -0.482. The van der Waals surface area contributed by atoms with Gasteiger partial charge in [0.2, 0.25) is 0 Å². The zero-order valence-corrected chi connectivity index (χ0v) is 8.12. The molecule has 4 nitrogen and oxygen atoms in total. The number of rotatable bonds is 1. The molecule has 0 spiro atoms. The molecule has 0 heterocycles. The van der Waals surface area contributed by atoms with Crippen molar-refractivity contribution in [2.24, 2.45) is 16.8 Å². The Bertz CT molecular complexity index is 278. The molecule has 0 aliphatic heterocycles. The van der Waals surface area contributed by atoms with E-state index in [4.69, 9.17) is 12.3 Å². The minimum absolute atomic E-state index is 0.269. The van der Waals surface area contributed by atoms with Gasteiger partial charge in [0.05, 0.1) is 0 Å². The first kappa shape index (κ1) is 10.7. The molecular formula is C10H15N3O. The Balaban J connectivity index is 2.67. The van der Waals surface area contributed by atoms with Gasteiger partial charge in [-0.25, -0.2) is 15.6 Å². The fourth-order valence-corrected chi connectivity index (χ4v) is 1.74. The van der Waals surface area contributed by atoms with Gasteiger partial charge in [0, 0.05) is 18.1 Å². The van der Waals surface area contributed by atoms with Crippen molar-refractivity contribution in [3.05, 3.63) is 0 Å². The lowest BCUT2D eigenvalue weighted by atomic mass is 9.85. The highest BCUT2D eigenvalue weighted by molar-refractivity contribution is 5.96. The van der Waals surface area contributed by atoms with Crippen molar-refractivity contribution in [3.8, 4) is 12.3 Å². The second-order valence-corrected chi connectivity index (χ2v) is 3.40. The molecule has 1 aliphatic rings. The minimum Gasteiger partial charge on any atom is -0.274 e. The molecule has 1 aliphatic carbocycles. The minimum atomic E-state index is -0.482. The van der Waals surface area contributed by atoms with Crippen LogP contribution < -0.4 is 11.3 Å². The average molecular weight is 193 g/mol. The van der Waals surface area contributed by atoms with Crippen LogP contribution in [0.25, 0.3) is 0 Å². The maximum absolute atomic E-state index is 11.0. The standard InChI is InChI=1S/C10H15N3O/c1-2-5-8-6-3-4-7-9(8)12-10(14)13-11/h1,8H,3-7,11H2,(H,13,14). The molecule has 0 saturated heterocycles. The molecule has 76 valence electrons. The van der Waals surface area contributed by atoms with E-state index in [9.17, 15) is 4.79 Å². The maximum Gasteiger partial charge on any atom is 0.354 e. The van der Waals surface area contributed by atoms with Crippen LogP contribution in [0, 0.1) is 18.3 Å². The number of amides is 2. The molecule has 0 aromatic heterocycles. The molecule has 0 bridgehead atoms. The van der Waals surface area contributed by atoms with Crippen LogP contribution in [0.5, 0.6) is 0 Å². The van der Waals surface area contributed by atoms with Gasteiger partial charge in [0.1, 0.15) is 0 Å². The van der Waals surface area contributed by atoms with Gasteiger partial charge in [-0.2, -0.15) is 0 Å². The summed E-state index contributed by atoms with van der Waals surface area (Å²) in [6.45, 7) is 0. The largest absolute Gasteiger partial charge is 0.354 e. The fraction of sp³-hybridized carbons (Fsp3) is 0.600. The molecule has 2 amide bonds. The number of nitrogens with zero attached hydrogens (tertiary/aromatic N) is 1. The van der Waals surface area contributed by atoms with Gasteiger partial charge in [-0.1, -0.05) is 6.42 Å². The Hall–Kier alpha value is -1.34. The second kappa shape index (κ2) is 5.40. The van der Waals surface area contributed by atoms with Crippen LogP contribution in [-0.2, 0) is 0 Å². The Morgan fingerprint density at radius 3 is 3.14 bits per heavy atom. The zero-order valence-electron chi connectivity index (χ0n) is 8.12. The molecule has 4 heteroatoms. The van der Waals surface area contributed by atoms with E-state index in [1.165, 1.54) is 0 Å². The van der Waals surface area contributed by atoms with Crippen molar-refractivity contribution < 1.29 is 4.79 Å². The summed E-state index contributed by atoms with van der Waals surface area (Å²) in [4.78, 5) is 14.9. The second-order valence-electron chi connectivity index (χ2n) is 3.40. The molecule has 0 aromatic rings. The van der Waals surface area contributed by atoms with Crippen molar-refractivity contribution >= 4 is 11.7 Å². The lowest BCUT2D eigenvalue weighted by molar-refractivity contribution is 0.249. The number of urea groups is 1. The Labute approximate surface area is 83.9 Å². The van der Waals surface area contributed by atoms with Gasteiger partial charge in [0.25, 0.3) is 0 Å². The molecule has 1 unspecified atom stereocenters. The van der Waals surface area contributed by atoms with Crippen LogP contribution in [-0.4, -0.2) is 11.7 Å². The van der Waals surface area contributed by atoms with E-state index in [1.54, 1.807) is 0 Å². The number of terminal acetylenes is 1. The molecule has 0 radical (unpaired) electrons. The van der Waals surface area contributed by atoms with E-state index in [1.807, 2.05) is 5.43 Å². The summed E-state index contributed by atoms with van der Waals surface area (Å²) in [5.41, 5.74) is 2.90. The van der Waals surface area contributed by atoms with Gasteiger partial charge in [-0.3, -0.25) is 5.43 Å². The third kappa shape index (κ3) is 2.86. The highest BCUT2D eigenvalue weighted by atomic mass is 16.2. The summed E-state index contributed by atoms with van der Waals surface area (Å²) in [5.74, 6) is 7.85. The van der Waals surface area contributed by atoms with Gasteiger partial charge >= 0.3 is 6.03 Å². The Morgan fingerprint density at radius 1 is 1.71 bits per heavy atom. The molecule has 1 saturated carbocycles. The summed E-state index contributed by atoms with van der Waals surface area (Å²) < 4.78 is 0. The summed E-state index contributed by atoms with van der Waals surface area (Å²) in [5, 5.41) is 0. The van der Waals surface area contributed by atoms with Crippen molar-refractivity contribution in [2.75, 3.05) is 0 Å². The maximum atomic E-state index is 11.0. The quantitative estimate of drug-likeness (QED) is 0.284. The van der Waals surface area contributed by atoms with Gasteiger partial charge in [-0.05, 0) is 19.3 Å². The van der Waals surface area contributed by atoms with E-state index in [-0.39, 0.29) is 5.92 Å². The highest BCUT2D eigenvalue weighted by Gasteiger charge is 2.20. The predicted octanol–water partition coefficient (Wildman–Crippen LogP) is 1.22. The van der Waals surface area contributed by atoms with Crippen LogP contribution >= 0.6 is 0 Å². The first-order chi connectivity index (χ1) is 6.77. The number of hydrogen-bond acceptors (Lipinski definition) is 2. The normalized spacial score (nSPS) is 24.3. The summed E-state index contributed by atoms with van der Waals surface area (Å²) >= 11 is 0. The monoisotopic (exact) mass is 193 g/mol. The van der Waals surface area contributed by atoms with E-state index < -0.39 is 6.03 Å². The van der Waals surface area contributed by atoms with Crippen LogP contribution in [0.2, 0.25) is 0 Å². The topological polar surface area (TPSA) is 67.5 Å². The number of aliphatic imine (C=N–C) groups is 1. The Kier molecular flexibility index (Phi) is 4.14. The third-order valence-electron chi connectivity index (χ3n) is 2.44. The van der Waals surface area contributed by atoms with Gasteiger partial charge < -0.3 is 0 Å². The summed E-state index contributed by atoms with van der Waals surface area (Å²) in [6.07, 6.45) is 10.1. The highest BCUT2D eigenvalue weighted by Crippen LogP contribution is 2.24. The number of hydrogen-bond donors (Lipinski definition) is 2. The lowest BCUT2D eigenvalue weighted by Gasteiger charge is -2.21. The Morgan fingerprint density at radius 2 is 2.50 bits per heavy atom. The van der Waals surface area contributed by atoms with E-state index in [0.29, 0.717) is 6.42 Å². The molecule has 3 N–H and O–H groups in total. The first-order valence-corrected chi connectivity index (χ1v) is 4.79. The van der Waals surface area contributed by atoms with E-state index in [2.05, 4.69) is 10.9 Å². The van der Waals surface area contributed by atoms with Crippen LogP contribution in [0.15, 0.2) is 4.99 Å². The molecule has 1 fully saturated rings. The third-order valence-corrected chi connectivity index (χ3v) is 2.44. The molecule has 14 heavy (non-hydrogen) atoms. The average Bonchev–Trinajstić information content (AvgIpc) is 2.21. The molecule has 1 atom stereocenters. The predicted molar refractivity (Wildman–Crippen MR) is 55.6 cm³/mol. The number of carbonyl (C=O) groups excluding carboxylic acids is 1. The zero-order chi connectivity index (χ0) is 10.4. The molecule has 0 aromatic carbocycles. The smallest absolute Gasteiger partial charge is 0.274 e. The van der Waals surface area contributed by atoms with Crippen LogP contribution in [0.1, 0.15) is 32.1 Å². The van der Waals surface area contributed by atoms with Gasteiger partial charge in [-0.15, -0.1) is 12.3 Å². The SMILES string of the molecule is C#CCC1CCCCC1=NC(=O)NN. The van der Waals surface area contributed by atoms with Crippen molar-refractivity contribution in [3.63, 3.8) is 0 Å². The molecule has 1 rings (SSSR count). The number of nitrogens with two attached hydrogens (primary N) is 1. The fourth-order valence-electron chi connectivity index (χ4n) is 1.74. The number of carbonyl (C=O) groups is 1. The summed E-state index contributed by atoms with van der Waals surface area (Å²) in [7, 11) is 0. The van der Waals surface area contributed by atoms with E-state index >= 15 is 0 Å². The van der Waals surface area contributed by atoms with E-state index in [0.717, 1.165) is 31.4 Å². The lowest BCUT2D eigenvalue weighted by Crippen LogP contribution is -2.30.